The van der Waals surface area contributed by atoms with Crippen molar-refractivity contribution in [2.45, 2.75) is 19.2 Å². The van der Waals surface area contributed by atoms with Crippen LogP contribution in [0.15, 0.2) is 30.6 Å². The highest BCUT2D eigenvalue weighted by Crippen LogP contribution is 2.21. The number of methoxy groups -OCH3 is 1. The highest BCUT2D eigenvalue weighted by Gasteiger charge is 2.20. The van der Waals surface area contributed by atoms with Crippen LogP contribution in [0.3, 0.4) is 0 Å². The molecular formula is C14H18N4O2. The van der Waals surface area contributed by atoms with E-state index in [0.29, 0.717) is 6.54 Å². The zero-order chi connectivity index (χ0) is 13.9. The predicted octanol–water partition coefficient (Wildman–Crippen LogP) is 0.836. The second-order valence-electron chi connectivity index (χ2n) is 4.97. The monoisotopic (exact) mass is 274 g/mol. The van der Waals surface area contributed by atoms with Crippen LogP contribution in [0.4, 0.5) is 0 Å². The van der Waals surface area contributed by atoms with Gasteiger partial charge in [0.05, 0.1) is 19.8 Å². The zero-order valence-electron chi connectivity index (χ0n) is 11.4. The third-order valence-corrected chi connectivity index (χ3v) is 3.63. The molecule has 3 rings (SSSR count). The summed E-state index contributed by atoms with van der Waals surface area (Å²) in [5.74, 6) is 1.72. The number of aromatic nitrogens is 3. The summed E-state index contributed by atoms with van der Waals surface area (Å²) in [6.07, 6.45) is 1.23. The van der Waals surface area contributed by atoms with Gasteiger partial charge in [0.1, 0.15) is 17.9 Å². The van der Waals surface area contributed by atoms with Crippen LogP contribution in [0.25, 0.3) is 0 Å². The van der Waals surface area contributed by atoms with Crippen molar-refractivity contribution in [3.05, 3.63) is 42.0 Å². The standard InChI is InChI=1S/C14H18N4O2/c1-20-12-4-2-3-11(7-12)13(19)8-17-5-6-18-10-15-16-14(18)9-17/h2-4,7,10,13,19H,5-6,8-9H2,1H3. The second kappa shape index (κ2) is 5.60. The molecule has 2 aromatic rings. The van der Waals surface area contributed by atoms with Gasteiger partial charge in [-0.1, -0.05) is 12.1 Å². The third kappa shape index (κ3) is 2.66. The van der Waals surface area contributed by atoms with Crippen LogP contribution in [0, 0.1) is 0 Å². The Morgan fingerprint density at radius 2 is 2.30 bits per heavy atom. The van der Waals surface area contributed by atoms with Crippen LogP contribution >= 0.6 is 0 Å². The Hall–Kier alpha value is -1.92. The number of ether oxygens (including phenoxy) is 1. The quantitative estimate of drug-likeness (QED) is 0.895. The van der Waals surface area contributed by atoms with E-state index in [-0.39, 0.29) is 0 Å². The van der Waals surface area contributed by atoms with Gasteiger partial charge in [0, 0.05) is 19.6 Å². The first-order valence-electron chi connectivity index (χ1n) is 6.67. The smallest absolute Gasteiger partial charge is 0.147 e. The fourth-order valence-electron chi connectivity index (χ4n) is 2.47. The number of rotatable bonds is 4. The Morgan fingerprint density at radius 1 is 1.40 bits per heavy atom. The molecule has 1 aliphatic heterocycles. The van der Waals surface area contributed by atoms with Crippen LogP contribution < -0.4 is 4.74 Å². The molecule has 20 heavy (non-hydrogen) atoms. The number of nitrogens with zero attached hydrogens (tertiary/aromatic N) is 4. The lowest BCUT2D eigenvalue weighted by molar-refractivity contribution is 0.0961. The summed E-state index contributed by atoms with van der Waals surface area (Å²) in [5.41, 5.74) is 0.872. The molecule has 1 aromatic heterocycles. The summed E-state index contributed by atoms with van der Waals surface area (Å²) in [6.45, 7) is 3.07. The van der Waals surface area contributed by atoms with Gasteiger partial charge in [-0.05, 0) is 17.7 Å². The molecule has 6 nitrogen and oxygen atoms in total. The number of hydrogen-bond acceptors (Lipinski definition) is 5. The number of hydrogen-bond donors (Lipinski definition) is 1. The van der Waals surface area contributed by atoms with E-state index in [0.717, 1.165) is 36.8 Å². The molecule has 1 N–H and O–H groups in total. The van der Waals surface area contributed by atoms with E-state index in [2.05, 4.69) is 19.7 Å². The lowest BCUT2D eigenvalue weighted by Gasteiger charge is -2.28. The van der Waals surface area contributed by atoms with Crippen molar-refractivity contribution in [2.24, 2.45) is 0 Å². The van der Waals surface area contributed by atoms with E-state index < -0.39 is 6.10 Å². The summed E-state index contributed by atoms with van der Waals surface area (Å²) in [6, 6.07) is 7.56. The molecule has 6 heteroatoms. The van der Waals surface area contributed by atoms with Gasteiger partial charge in [0.2, 0.25) is 0 Å². The van der Waals surface area contributed by atoms with E-state index in [4.69, 9.17) is 4.74 Å². The number of aliphatic hydroxyl groups excluding tert-OH is 1. The van der Waals surface area contributed by atoms with Crippen molar-refractivity contribution in [3.8, 4) is 5.75 Å². The first-order chi connectivity index (χ1) is 9.76. The molecule has 1 atom stereocenters. The predicted molar refractivity (Wildman–Crippen MR) is 73.3 cm³/mol. The minimum Gasteiger partial charge on any atom is -0.497 e. The number of aliphatic hydroxyl groups is 1. The summed E-state index contributed by atoms with van der Waals surface area (Å²) in [5, 5.41) is 18.3. The van der Waals surface area contributed by atoms with Crippen molar-refractivity contribution >= 4 is 0 Å². The van der Waals surface area contributed by atoms with Gasteiger partial charge in [-0.3, -0.25) is 4.90 Å². The minimum absolute atomic E-state index is 0.528. The molecule has 1 aliphatic rings. The largest absolute Gasteiger partial charge is 0.497 e. The first kappa shape index (κ1) is 13.1. The van der Waals surface area contributed by atoms with Crippen LogP contribution in [0.5, 0.6) is 5.75 Å². The van der Waals surface area contributed by atoms with Gasteiger partial charge in [-0.25, -0.2) is 0 Å². The molecule has 106 valence electrons. The molecule has 0 saturated carbocycles. The molecule has 0 saturated heterocycles. The minimum atomic E-state index is -0.528. The topological polar surface area (TPSA) is 63.4 Å². The van der Waals surface area contributed by atoms with E-state index in [1.54, 1.807) is 13.4 Å². The maximum atomic E-state index is 10.4. The molecule has 1 aromatic carbocycles. The number of fused-ring (bicyclic) bond motifs is 1. The summed E-state index contributed by atoms with van der Waals surface area (Å²) in [4.78, 5) is 2.19. The van der Waals surface area contributed by atoms with Crippen LogP contribution in [-0.4, -0.2) is 45.0 Å². The normalized spacial score (nSPS) is 16.7. The lowest BCUT2D eigenvalue weighted by Crippen LogP contribution is -2.36. The molecule has 1 unspecified atom stereocenters. The molecule has 0 spiro atoms. The molecule has 0 bridgehead atoms. The summed E-state index contributed by atoms with van der Waals surface area (Å²) in [7, 11) is 1.63. The number of benzene rings is 1. The summed E-state index contributed by atoms with van der Waals surface area (Å²) < 4.78 is 7.23. The van der Waals surface area contributed by atoms with Gasteiger partial charge >= 0.3 is 0 Å². The van der Waals surface area contributed by atoms with Gasteiger partial charge in [0.25, 0.3) is 0 Å². The zero-order valence-corrected chi connectivity index (χ0v) is 11.4. The van der Waals surface area contributed by atoms with E-state index in [1.165, 1.54) is 0 Å². The first-order valence-corrected chi connectivity index (χ1v) is 6.67. The Balaban J connectivity index is 1.66. The maximum absolute atomic E-state index is 10.4. The van der Waals surface area contributed by atoms with E-state index in [1.807, 2.05) is 24.3 Å². The van der Waals surface area contributed by atoms with Crippen LogP contribution in [0.2, 0.25) is 0 Å². The third-order valence-electron chi connectivity index (χ3n) is 3.63. The van der Waals surface area contributed by atoms with Crippen molar-refractivity contribution < 1.29 is 9.84 Å². The Kier molecular flexibility index (Phi) is 3.66. The molecule has 0 fully saturated rings. The fourth-order valence-corrected chi connectivity index (χ4v) is 2.47. The Bertz CT molecular complexity index is 584. The maximum Gasteiger partial charge on any atom is 0.147 e. The highest BCUT2D eigenvalue weighted by molar-refractivity contribution is 5.29. The van der Waals surface area contributed by atoms with Gasteiger partial charge in [-0.2, -0.15) is 0 Å². The van der Waals surface area contributed by atoms with Crippen molar-refractivity contribution in [1.82, 2.24) is 19.7 Å². The fraction of sp³-hybridized carbons (Fsp3) is 0.429. The second-order valence-corrected chi connectivity index (χ2v) is 4.97. The molecule has 0 aliphatic carbocycles. The van der Waals surface area contributed by atoms with Crippen molar-refractivity contribution in [1.29, 1.82) is 0 Å². The van der Waals surface area contributed by atoms with Gasteiger partial charge < -0.3 is 14.4 Å². The van der Waals surface area contributed by atoms with Gasteiger partial charge in [-0.15, -0.1) is 10.2 Å². The highest BCUT2D eigenvalue weighted by atomic mass is 16.5. The van der Waals surface area contributed by atoms with E-state index in [9.17, 15) is 5.11 Å². The molecular weight excluding hydrogens is 256 g/mol. The molecule has 0 amide bonds. The van der Waals surface area contributed by atoms with Crippen molar-refractivity contribution in [2.75, 3.05) is 20.2 Å². The Labute approximate surface area is 117 Å². The van der Waals surface area contributed by atoms with Crippen LogP contribution in [-0.2, 0) is 13.1 Å². The van der Waals surface area contributed by atoms with E-state index >= 15 is 0 Å². The summed E-state index contributed by atoms with van der Waals surface area (Å²) >= 11 is 0. The lowest BCUT2D eigenvalue weighted by atomic mass is 10.1. The molecule has 0 radical (unpaired) electrons. The molecule has 2 heterocycles. The number of β-amino-alcohol motifs (C(OH)–C–C–N with tert-alkyl or cyclic N) is 1. The SMILES string of the molecule is COc1cccc(C(O)CN2CCn3cnnc3C2)c1. The Morgan fingerprint density at radius 3 is 3.15 bits per heavy atom. The van der Waals surface area contributed by atoms with Gasteiger partial charge in [0.15, 0.2) is 0 Å². The average Bonchev–Trinajstić information content (AvgIpc) is 2.95. The van der Waals surface area contributed by atoms with Crippen molar-refractivity contribution in [3.63, 3.8) is 0 Å². The van der Waals surface area contributed by atoms with Crippen LogP contribution in [0.1, 0.15) is 17.5 Å². The average molecular weight is 274 g/mol.